The maximum Gasteiger partial charge on any atom is 0.234 e. The third-order valence-corrected chi connectivity index (χ3v) is 5.50. The molecule has 0 radical (unpaired) electrons. The Hall–Kier alpha value is -1.05. The fourth-order valence-electron chi connectivity index (χ4n) is 3.26. The third-order valence-electron chi connectivity index (χ3n) is 4.44. The van der Waals surface area contributed by atoms with Crippen molar-refractivity contribution in [3.8, 4) is 0 Å². The largest absolute Gasteiger partial charge is 0.381 e. The van der Waals surface area contributed by atoms with Crippen LogP contribution in [0.25, 0.3) is 4.96 Å². The molecule has 1 aliphatic carbocycles. The lowest BCUT2D eigenvalue weighted by atomic mass is 10.00. The zero-order chi connectivity index (χ0) is 13.5. The molecule has 0 aromatic carbocycles. The van der Waals surface area contributed by atoms with Crippen molar-refractivity contribution >= 4 is 16.3 Å². The molecule has 0 spiro atoms. The fraction of sp³-hybridized carbons (Fsp3) is 0.769. The van der Waals surface area contributed by atoms with Gasteiger partial charge in [0.25, 0.3) is 0 Å². The van der Waals surface area contributed by atoms with E-state index in [0.29, 0.717) is 17.9 Å². The highest BCUT2D eigenvalue weighted by molar-refractivity contribution is 7.16. The number of fused-ring (bicyclic) bond motifs is 1. The molecule has 1 aliphatic heterocycles. The summed E-state index contributed by atoms with van der Waals surface area (Å²) in [5.41, 5.74) is 6.01. The van der Waals surface area contributed by atoms with Gasteiger partial charge in [-0.3, -0.25) is 0 Å². The van der Waals surface area contributed by atoms with Crippen LogP contribution in [0.5, 0.6) is 0 Å². The molecule has 2 unspecified atom stereocenters. The average molecular weight is 293 g/mol. The van der Waals surface area contributed by atoms with Crippen molar-refractivity contribution < 1.29 is 4.74 Å². The minimum Gasteiger partial charge on any atom is -0.381 e. The number of hydrogen-bond donors (Lipinski definition) is 1. The van der Waals surface area contributed by atoms with Crippen molar-refractivity contribution in [3.05, 3.63) is 10.8 Å². The molecular formula is C13H19N5OS. The Morgan fingerprint density at radius 1 is 1.10 bits per heavy atom. The van der Waals surface area contributed by atoms with Crippen molar-refractivity contribution in [1.29, 1.82) is 0 Å². The maximum atomic E-state index is 6.01. The molecular weight excluding hydrogens is 274 g/mol. The molecule has 3 heterocycles. The SMILES string of the molecule is NC1CCC(c2nn3c(C4CCOCC4)nnc3s2)C1. The van der Waals surface area contributed by atoms with Gasteiger partial charge in [-0.2, -0.15) is 9.61 Å². The monoisotopic (exact) mass is 293 g/mol. The van der Waals surface area contributed by atoms with Crippen molar-refractivity contribution in [2.45, 2.75) is 50.0 Å². The molecule has 2 aliphatic rings. The zero-order valence-electron chi connectivity index (χ0n) is 11.4. The maximum absolute atomic E-state index is 6.01. The predicted molar refractivity (Wildman–Crippen MR) is 76.0 cm³/mol. The predicted octanol–water partition coefficient (Wildman–Crippen LogP) is 1.67. The first kappa shape index (κ1) is 12.7. The minimum atomic E-state index is 0.337. The summed E-state index contributed by atoms with van der Waals surface area (Å²) >= 11 is 1.67. The quantitative estimate of drug-likeness (QED) is 0.911. The Bertz CT molecular complexity index is 603. The van der Waals surface area contributed by atoms with Gasteiger partial charge < -0.3 is 10.5 Å². The van der Waals surface area contributed by atoms with Crippen molar-refractivity contribution in [2.24, 2.45) is 5.73 Å². The molecule has 2 aromatic rings. The Morgan fingerprint density at radius 2 is 1.95 bits per heavy atom. The van der Waals surface area contributed by atoms with Crippen molar-refractivity contribution in [1.82, 2.24) is 19.8 Å². The molecule has 7 heteroatoms. The van der Waals surface area contributed by atoms with Crippen LogP contribution in [0.3, 0.4) is 0 Å². The normalized spacial score (nSPS) is 28.4. The molecule has 2 aromatic heterocycles. The Labute approximate surface area is 121 Å². The highest BCUT2D eigenvalue weighted by Crippen LogP contribution is 2.36. The molecule has 6 nitrogen and oxygen atoms in total. The van der Waals surface area contributed by atoms with Crippen LogP contribution in [0.2, 0.25) is 0 Å². The van der Waals surface area contributed by atoms with E-state index in [1.807, 2.05) is 4.52 Å². The van der Waals surface area contributed by atoms with Gasteiger partial charge in [0.05, 0.1) is 0 Å². The molecule has 0 amide bonds. The first-order valence-corrected chi connectivity index (χ1v) is 8.18. The van der Waals surface area contributed by atoms with E-state index >= 15 is 0 Å². The van der Waals surface area contributed by atoms with E-state index in [2.05, 4.69) is 10.2 Å². The number of rotatable bonds is 2. The number of ether oxygens (including phenoxy) is 1. The van der Waals surface area contributed by atoms with Gasteiger partial charge in [-0.05, 0) is 32.1 Å². The van der Waals surface area contributed by atoms with E-state index in [1.54, 1.807) is 11.3 Å². The van der Waals surface area contributed by atoms with E-state index in [-0.39, 0.29) is 0 Å². The highest BCUT2D eigenvalue weighted by Gasteiger charge is 2.28. The van der Waals surface area contributed by atoms with Gasteiger partial charge in [0.15, 0.2) is 5.82 Å². The summed E-state index contributed by atoms with van der Waals surface area (Å²) in [6, 6.07) is 0.337. The number of nitrogens with two attached hydrogens (primary N) is 1. The Balaban J connectivity index is 1.64. The summed E-state index contributed by atoms with van der Waals surface area (Å²) < 4.78 is 7.38. The zero-order valence-corrected chi connectivity index (χ0v) is 12.2. The second kappa shape index (κ2) is 5.05. The van der Waals surface area contributed by atoms with Crippen LogP contribution in [0.4, 0.5) is 0 Å². The van der Waals surface area contributed by atoms with Gasteiger partial charge in [-0.1, -0.05) is 11.3 Å². The molecule has 20 heavy (non-hydrogen) atoms. The van der Waals surface area contributed by atoms with Crippen LogP contribution >= 0.6 is 11.3 Å². The van der Waals surface area contributed by atoms with Crippen LogP contribution in [0, 0.1) is 0 Å². The lowest BCUT2D eigenvalue weighted by Crippen LogP contribution is -2.17. The summed E-state index contributed by atoms with van der Waals surface area (Å²) in [4.78, 5) is 0.918. The minimum absolute atomic E-state index is 0.337. The molecule has 2 atom stereocenters. The molecule has 1 saturated carbocycles. The van der Waals surface area contributed by atoms with Gasteiger partial charge in [0, 0.05) is 31.1 Å². The number of hydrogen-bond acceptors (Lipinski definition) is 6. The fourth-order valence-corrected chi connectivity index (χ4v) is 4.26. The van der Waals surface area contributed by atoms with Gasteiger partial charge in [0.1, 0.15) is 5.01 Å². The van der Waals surface area contributed by atoms with E-state index in [1.165, 1.54) is 5.01 Å². The Morgan fingerprint density at radius 3 is 2.70 bits per heavy atom. The first-order chi connectivity index (χ1) is 9.81. The van der Waals surface area contributed by atoms with E-state index in [4.69, 9.17) is 15.6 Å². The third kappa shape index (κ3) is 2.13. The molecule has 108 valence electrons. The molecule has 1 saturated heterocycles. The van der Waals surface area contributed by atoms with Crippen LogP contribution in [-0.2, 0) is 4.74 Å². The van der Waals surface area contributed by atoms with E-state index in [0.717, 1.165) is 56.1 Å². The summed E-state index contributed by atoms with van der Waals surface area (Å²) in [5.74, 6) is 1.95. The van der Waals surface area contributed by atoms with Gasteiger partial charge in [-0.15, -0.1) is 10.2 Å². The highest BCUT2D eigenvalue weighted by atomic mass is 32.1. The second-order valence-electron chi connectivity index (χ2n) is 5.85. The van der Waals surface area contributed by atoms with Gasteiger partial charge >= 0.3 is 0 Å². The smallest absolute Gasteiger partial charge is 0.234 e. The van der Waals surface area contributed by atoms with E-state index in [9.17, 15) is 0 Å². The number of aromatic nitrogens is 4. The van der Waals surface area contributed by atoms with Crippen LogP contribution in [0.1, 0.15) is 54.8 Å². The topological polar surface area (TPSA) is 78.3 Å². The summed E-state index contributed by atoms with van der Waals surface area (Å²) in [5, 5.41) is 14.6. The van der Waals surface area contributed by atoms with Crippen LogP contribution in [-0.4, -0.2) is 39.1 Å². The van der Waals surface area contributed by atoms with E-state index < -0.39 is 0 Å². The lowest BCUT2D eigenvalue weighted by molar-refractivity contribution is 0.0831. The van der Waals surface area contributed by atoms with Gasteiger partial charge in [0.2, 0.25) is 4.96 Å². The number of nitrogens with zero attached hydrogens (tertiary/aromatic N) is 4. The van der Waals surface area contributed by atoms with Crippen LogP contribution < -0.4 is 5.73 Å². The molecule has 2 N–H and O–H groups in total. The van der Waals surface area contributed by atoms with Crippen molar-refractivity contribution in [2.75, 3.05) is 13.2 Å². The summed E-state index contributed by atoms with van der Waals surface area (Å²) in [6.07, 6.45) is 5.34. The second-order valence-corrected chi connectivity index (χ2v) is 6.84. The van der Waals surface area contributed by atoms with Gasteiger partial charge in [-0.25, -0.2) is 0 Å². The Kier molecular flexibility index (Phi) is 3.20. The average Bonchev–Trinajstić information content (AvgIpc) is 3.13. The molecule has 2 fully saturated rings. The summed E-state index contributed by atoms with van der Waals surface area (Å²) in [7, 11) is 0. The molecule has 0 bridgehead atoms. The lowest BCUT2D eigenvalue weighted by Gasteiger charge is -2.19. The molecule has 4 rings (SSSR count). The summed E-state index contributed by atoms with van der Waals surface area (Å²) in [6.45, 7) is 1.63. The standard InChI is InChI=1S/C13H19N5OS/c14-10-2-1-9(7-10)12-17-18-11(15-16-13(18)20-12)8-3-5-19-6-4-8/h8-10H,1-7,14H2. The first-order valence-electron chi connectivity index (χ1n) is 7.36. The van der Waals surface area contributed by atoms with Crippen LogP contribution in [0.15, 0.2) is 0 Å². The van der Waals surface area contributed by atoms with Crippen molar-refractivity contribution in [3.63, 3.8) is 0 Å².